The lowest BCUT2D eigenvalue weighted by molar-refractivity contribution is -0.157. The van der Waals surface area contributed by atoms with E-state index in [9.17, 15) is 4.79 Å². The maximum Gasteiger partial charge on any atom is 0.261 e. The molecule has 1 saturated heterocycles. The average Bonchev–Trinajstić information content (AvgIpc) is 2.85. The summed E-state index contributed by atoms with van der Waals surface area (Å²) in [6, 6.07) is 2.04. The molecule has 0 radical (unpaired) electrons. The van der Waals surface area contributed by atoms with Gasteiger partial charge in [-0.3, -0.25) is 4.79 Å². The minimum absolute atomic E-state index is 0.0101. The molecular formula is C13H16BrNO3S. The Kier molecular flexibility index (Phi) is 4.21. The van der Waals surface area contributed by atoms with Gasteiger partial charge in [-0.25, -0.2) is 0 Å². The molecule has 4 nitrogen and oxygen atoms in total. The second kappa shape index (κ2) is 5.91. The molecule has 6 heteroatoms. The van der Waals surface area contributed by atoms with E-state index in [-0.39, 0.29) is 24.2 Å². The number of thiophene rings is 1. The van der Waals surface area contributed by atoms with Crippen molar-refractivity contribution in [3.8, 4) is 0 Å². The number of hydrogen-bond acceptors (Lipinski definition) is 4. The molecule has 3 unspecified atom stereocenters. The van der Waals surface area contributed by atoms with Crippen LogP contribution >= 0.6 is 27.3 Å². The number of halogens is 1. The van der Waals surface area contributed by atoms with Gasteiger partial charge in [0.15, 0.2) is 0 Å². The highest BCUT2D eigenvalue weighted by Gasteiger charge is 2.34. The summed E-state index contributed by atoms with van der Waals surface area (Å²) in [6.45, 7) is 1.36. The number of amides is 1. The van der Waals surface area contributed by atoms with Crippen LogP contribution in [0.3, 0.4) is 0 Å². The standard InChI is InChI=1S/C13H16BrNO3S/c14-8-5-12(19-7-8)13(16)15-9-1-2-10-11(6-9)18-4-3-17-10/h5,7,9-11H,1-4,6H2,(H,15,16). The maximum atomic E-state index is 12.1. The molecule has 2 fully saturated rings. The molecular weight excluding hydrogens is 330 g/mol. The van der Waals surface area contributed by atoms with Crippen LogP contribution in [-0.4, -0.2) is 37.4 Å². The van der Waals surface area contributed by atoms with Gasteiger partial charge in [0, 0.05) is 15.9 Å². The molecule has 3 rings (SSSR count). The van der Waals surface area contributed by atoms with Crippen molar-refractivity contribution in [2.24, 2.45) is 0 Å². The Labute approximate surface area is 124 Å². The van der Waals surface area contributed by atoms with Gasteiger partial charge in [-0.15, -0.1) is 11.3 Å². The minimum Gasteiger partial charge on any atom is -0.373 e. The van der Waals surface area contributed by atoms with Gasteiger partial charge in [0.2, 0.25) is 0 Å². The third kappa shape index (κ3) is 3.18. The van der Waals surface area contributed by atoms with Gasteiger partial charge in [0.05, 0.1) is 30.3 Å². The van der Waals surface area contributed by atoms with Gasteiger partial charge in [0.25, 0.3) is 5.91 Å². The van der Waals surface area contributed by atoms with E-state index in [0.717, 1.165) is 28.6 Å². The monoisotopic (exact) mass is 345 g/mol. The first-order valence-electron chi connectivity index (χ1n) is 6.50. The summed E-state index contributed by atoms with van der Waals surface area (Å²) >= 11 is 4.82. The molecule has 1 aliphatic heterocycles. The van der Waals surface area contributed by atoms with Crippen molar-refractivity contribution in [2.75, 3.05) is 13.2 Å². The van der Waals surface area contributed by atoms with Crippen molar-refractivity contribution in [1.82, 2.24) is 5.32 Å². The third-order valence-electron chi connectivity index (χ3n) is 3.60. The lowest BCUT2D eigenvalue weighted by Gasteiger charge is -2.39. The largest absolute Gasteiger partial charge is 0.373 e. The summed E-state index contributed by atoms with van der Waals surface area (Å²) in [4.78, 5) is 12.8. The molecule has 1 aromatic heterocycles. The Balaban J connectivity index is 1.57. The van der Waals surface area contributed by atoms with E-state index in [1.807, 2.05) is 11.4 Å². The van der Waals surface area contributed by atoms with Crippen LogP contribution in [0.25, 0.3) is 0 Å². The van der Waals surface area contributed by atoms with Crippen molar-refractivity contribution in [1.29, 1.82) is 0 Å². The highest BCUT2D eigenvalue weighted by Crippen LogP contribution is 2.27. The van der Waals surface area contributed by atoms with Crippen LogP contribution in [0.4, 0.5) is 0 Å². The molecule has 0 bridgehead atoms. The lowest BCUT2D eigenvalue weighted by Crippen LogP contribution is -2.49. The molecule has 2 aliphatic rings. The Morgan fingerprint density at radius 2 is 2.11 bits per heavy atom. The summed E-state index contributed by atoms with van der Waals surface area (Å²) in [5.74, 6) is 0.0101. The van der Waals surface area contributed by atoms with Gasteiger partial charge in [0.1, 0.15) is 0 Å². The number of hydrogen-bond donors (Lipinski definition) is 1. The third-order valence-corrected chi connectivity index (χ3v) is 5.29. The minimum atomic E-state index is 0.0101. The van der Waals surface area contributed by atoms with E-state index in [4.69, 9.17) is 9.47 Å². The Morgan fingerprint density at radius 3 is 2.84 bits per heavy atom. The van der Waals surface area contributed by atoms with Crippen LogP contribution < -0.4 is 5.32 Å². The number of rotatable bonds is 2. The Hall–Kier alpha value is -0.430. The maximum absolute atomic E-state index is 12.1. The first-order chi connectivity index (χ1) is 9.22. The second-order valence-electron chi connectivity index (χ2n) is 4.93. The van der Waals surface area contributed by atoms with Crippen molar-refractivity contribution in [3.63, 3.8) is 0 Å². The quantitative estimate of drug-likeness (QED) is 0.895. The lowest BCUT2D eigenvalue weighted by atomic mass is 9.89. The summed E-state index contributed by atoms with van der Waals surface area (Å²) in [5, 5.41) is 5.02. The van der Waals surface area contributed by atoms with Crippen molar-refractivity contribution < 1.29 is 14.3 Å². The normalized spacial score (nSPS) is 30.7. The number of ether oxygens (including phenoxy) is 2. The van der Waals surface area contributed by atoms with Crippen LogP contribution in [0.5, 0.6) is 0 Å². The number of carbonyl (C=O) groups is 1. The van der Waals surface area contributed by atoms with E-state index in [1.54, 1.807) is 0 Å². The Bertz CT molecular complexity index is 464. The summed E-state index contributed by atoms with van der Waals surface area (Å²) in [6.07, 6.45) is 3.14. The molecule has 1 saturated carbocycles. The van der Waals surface area contributed by atoms with E-state index in [0.29, 0.717) is 13.2 Å². The first-order valence-corrected chi connectivity index (χ1v) is 8.18. The van der Waals surface area contributed by atoms with Gasteiger partial charge in [-0.2, -0.15) is 0 Å². The average molecular weight is 346 g/mol. The fourth-order valence-electron chi connectivity index (χ4n) is 2.69. The summed E-state index contributed by atoms with van der Waals surface area (Å²) in [7, 11) is 0. The number of fused-ring (bicyclic) bond motifs is 1. The molecule has 1 aliphatic carbocycles. The number of nitrogens with one attached hydrogen (secondary N) is 1. The number of carbonyl (C=O) groups excluding carboxylic acids is 1. The van der Waals surface area contributed by atoms with Crippen LogP contribution in [0.15, 0.2) is 15.9 Å². The summed E-state index contributed by atoms with van der Waals surface area (Å²) < 4.78 is 12.4. The zero-order chi connectivity index (χ0) is 13.2. The van der Waals surface area contributed by atoms with Crippen molar-refractivity contribution >= 4 is 33.2 Å². The van der Waals surface area contributed by atoms with Crippen LogP contribution in [-0.2, 0) is 9.47 Å². The molecule has 2 heterocycles. The summed E-state index contributed by atoms with van der Waals surface area (Å²) in [5.41, 5.74) is 0. The van der Waals surface area contributed by atoms with Gasteiger partial charge < -0.3 is 14.8 Å². The highest BCUT2D eigenvalue weighted by atomic mass is 79.9. The molecule has 3 atom stereocenters. The molecule has 104 valence electrons. The van der Waals surface area contributed by atoms with Crippen molar-refractivity contribution in [3.05, 3.63) is 20.8 Å². The Morgan fingerprint density at radius 1 is 1.32 bits per heavy atom. The van der Waals surface area contributed by atoms with Gasteiger partial charge in [-0.05, 0) is 41.3 Å². The van der Waals surface area contributed by atoms with E-state index in [2.05, 4.69) is 21.2 Å². The van der Waals surface area contributed by atoms with Crippen LogP contribution in [0.2, 0.25) is 0 Å². The molecule has 19 heavy (non-hydrogen) atoms. The molecule has 0 spiro atoms. The van der Waals surface area contributed by atoms with E-state index >= 15 is 0 Å². The van der Waals surface area contributed by atoms with Crippen LogP contribution in [0.1, 0.15) is 28.9 Å². The van der Waals surface area contributed by atoms with Crippen molar-refractivity contribution in [2.45, 2.75) is 37.5 Å². The predicted molar refractivity (Wildman–Crippen MR) is 76.6 cm³/mol. The van der Waals surface area contributed by atoms with Gasteiger partial charge >= 0.3 is 0 Å². The zero-order valence-electron chi connectivity index (χ0n) is 10.4. The fourth-order valence-corrected chi connectivity index (χ4v) is 4.02. The molecule has 1 aromatic rings. The van der Waals surface area contributed by atoms with E-state index in [1.165, 1.54) is 11.3 Å². The SMILES string of the molecule is O=C(NC1CCC2OCCOC2C1)c1cc(Br)cs1. The first kappa shape index (κ1) is 13.5. The smallest absolute Gasteiger partial charge is 0.261 e. The molecule has 1 amide bonds. The van der Waals surface area contributed by atoms with Gasteiger partial charge in [-0.1, -0.05) is 0 Å². The predicted octanol–water partition coefficient (Wildman–Crippen LogP) is 2.58. The topological polar surface area (TPSA) is 47.6 Å². The second-order valence-corrected chi connectivity index (χ2v) is 6.76. The highest BCUT2D eigenvalue weighted by molar-refractivity contribution is 9.10. The molecule has 1 N–H and O–H groups in total. The zero-order valence-corrected chi connectivity index (χ0v) is 12.8. The van der Waals surface area contributed by atoms with Crippen LogP contribution in [0, 0.1) is 0 Å². The van der Waals surface area contributed by atoms with E-state index < -0.39 is 0 Å². The fraction of sp³-hybridized carbons (Fsp3) is 0.615. The molecule has 0 aromatic carbocycles.